The molecule has 2 amide bonds. The SMILES string of the molecule is CC(C)(C)CN1CCNC(=O)[C@H]1CC(=O)NCCCOc1cccnc1. The quantitative estimate of drug-likeness (QED) is 0.679. The lowest BCUT2D eigenvalue weighted by Gasteiger charge is -2.38. The van der Waals surface area contributed by atoms with E-state index < -0.39 is 6.04 Å². The van der Waals surface area contributed by atoms with Crippen LogP contribution in [0.1, 0.15) is 33.6 Å². The molecule has 144 valence electrons. The van der Waals surface area contributed by atoms with E-state index in [0.717, 1.165) is 18.8 Å². The zero-order chi connectivity index (χ0) is 19.0. The zero-order valence-corrected chi connectivity index (χ0v) is 16.0. The maximum absolute atomic E-state index is 12.2. The number of nitrogens with one attached hydrogen (secondary N) is 2. The Bertz CT molecular complexity index is 586. The number of rotatable bonds is 8. The van der Waals surface area contributed by atoms with Crippen molar-refractivity contribution in [2.45, 2.75) is 39.7 Å². The molecule has 0 radical (unpaired) electrons. The monoisotopic (exact) mass is 362 g/mol. The van der Waals surface area contributed by atoms with Crippen molar-refractivity contribution >= 4 is 11.8 Å². The highest BCUT2D eigenvalue weighted by molar-refractivity contribution is 5.88. The summed E-state index contributed by atoms with van der Waals surface area (Å²) in [6, 6.07) is 3.27. The average Bonchev–Trinajstić information content (AvgIpc) is 2.57. The summed E-state index contributed by atoms with van der Waals surface area (Å²) in [6.45, 7) is 9.64. The van der Waals surface area contributed by atoms with Crippen molar-refractivity contribution in [1.29, 1.82) is 0 Å². The van der Waals surface area contributed by atoms with Gasteiger partial charge >= 0.3 is 0 Å². The van der Waals surface area contributed by atoms with Crippen molar-refractivity contribution < 1.29 is 14.3 Å². The Morgan fingerprint density at radius 1 is 1.46 bits per heavy atom. The number of aromatic nitrogens is 1. The predicted molar refractivity (Wildman–Crippen MR) is 99.8 cm³/mol. The molecule has 0 aromatic carbocycles. The van der Waals surface area contributed by atoms with Gasteiger partial charge in [0, 0.05) is 32.4 Å². The van der Waals surface area contributed by atoms with Crippen LogP contribution >= 0.6 is 0 Å². The van der Waals surface area contributed by atoms with E-state index in [2.05, 4.69) is 41.3 Å². The van der Waals surface area contributed by atoms with E-state index in [1.807, 2.05) is 12.1 Å². The van der Waals surface area contributed by atoms with Gasteiger partial charge in [0.25, 0.3) is 0 Å². The van der Waals surface area contributed by atoms with E-state index in [1.54, 1.807) is 12.4 Å². The highest BCUT2D eigenvalue weighted by Gasteiger charge is 2.33. The van der Waals surface area contributed by atoms with Gasteiger partial charge in [0.15, 0.2) is 0 Å². The Hall–Kier alpha value is -2.15. The lowest BCUT2D eigenvalue weighted by atomic mass is 9.94. The van der Waals surface area contributed by atoms with E-state index in [9.17, 15) is 9.59 Å². The van der Waals surface area contributed by atoms with Crippen LogP contribution in [-0.2, 0) is 9.59 Å². The minimum absolute atomic E-state index is 0.0597. The Kier molecular flexibility index (Phi) is 7.38. The van der Waals surface area contributed by atoms with Crippen LogP contribution in [0, 0.1) is 5.41 Å². The summed E-state index contributed by atoms with van der Waals surface area (Å²) in [4.78, 5) is 30.5. The Morgan fingerprint density at radius 3 is 2.96 bits per heavy atom. The molecule has 2 rings (SSSR count). The minimum Gasteiger partial charge on any atom is -0.492 e. The van der Waals surface area contributed by atoms with Gasteiger partial charge in [-0.1, -0.05) is 20.8 Å². The molecule has 7 heteroatoms. The summed E-state index contributed by atoms with van der Waals surface area (Å²) < 4.78 is 5.54. The fourth-order valence-corrected chi connectivity index (χ4v) is 2.95. The number of piperazine rings is 1. The molecule has 0 aliphatic carbocycles. The van der Waals surface area contributed by atoms with Gasteiger partial charge in [-0.2, -0.15) is 0 Å². The van der Waals surface area contributed by atoms with Gasteiger partial charge < -0.3 is 15.4 Å². The largest absolute Gasteiger partial charge is 0.492 e. The van der Waals surface area contributed by atoms with E-state index >= 15 is 0 Å². The molecule has 7 nitrogen and oxygen atoms in total. The molecule has 1 aromatic rings. The topological polar surface area (TPSA) is 83.6 Å². The van der Waals surface area contributed by atoms with Crippen molar-refractivity contribution in [3.8, 4) is 5.75 Å². The summed E-state index contributed by atoms with van der Waals surface area (Å²) in [5.74, 6) is 0.554. The van der Waals surface area contributed by atoms with Gasteiger partial charge in [0.1, 0.15) is 5.75 Å². The van der Waals surface area contributed by atoms with E-state index in [-0.39, 0.29) is 23.7 Å². The van der Waals surface area contributed by atoms with Crippen molar-refractivity contribution in [3.05, 3.63) is 24.5 Å². The van der Waals surface area contributed by atoms with Crippen molar-refractivity contribution in [3.63, 3.8) is 0 Å². The number of pyridine rings is 1. The minimum atomic E-state index is -0.394. The number of ether oxygens (including phenoxy) is 1. The Morgan fingerprint density at radius 2 is 2.27 bits per heavy atom. The van der Waals surface area contributed by atoms with Crippen LogP contribution in [0.4, 0.5) is 0 Å². The first kappa shape index (κ1) is 20.2. The smallest absolute Gasteiger partial charge is 0.237 e. The highest BCUT2D eigenvalue weighted by Crippen LogP contribution is 2.19. The van der Waals surface area contributed by atoms with Crippen LogP contribution < -0.4 is 15.4 Å². The van der Waals surface area contributed by atoms with Gasteiger partial charge in [-0.15, -0.1) is 0 Å². The number of hydrogen-bond donors (Lipinski definition) is 2. The number of nitrogens with zero attached hydrogens (tertiary/aromatic N) is 2. The summed E-state index contributed by atoms with van der Waals surface area (Å²) >= 11 is 0. The molecule has 1 fully saturated rings. The van der Waals surface area contributed by atoms with Crippen molar-refractivity contribution in [2.75, 3.05) is 32.8 Å². The molecule has 26 heavy (non-hydrogen) atoms. The number of hydrogen-bond acceptors (Lipinski definition) is 5. The Labute approximate surface area is 155 Å². The highest BCUT2D eigenvalue weighted by atomic mass is 16.5. The number of carbonyl (C=O) groups excluding carboxylic acids is 2. The predicted octanol–water partition coefficient (Wildman–Crippen LogP) is 1.20. The molecular weight excluding hydrogens is 332 g/mol. The van der Waals surface area contributed by atoms with Gasteiger partial charge in [0.2, 0.25) is 11.8 Å². The third kappa shape index (κ3) is 7.00. The first-order valence-corrected chi connectivity index (χ1v) is 9.16. The molecule has 1 atom stereocenters. The fraction of sp³-hybridized carbons (Fsp3) is 0.632. The third-order valence-corrected chi connectivity index (χ3v) is 4.04. The molecule has 1 saturated heterocycles. The molecular formula is C19H30N4O3. The summed E-state index contributed by atoms with van der Waals surface area (Å²) in [7, 11) is 0. The standard InChI is InChI=1S/C19H30N4O3/c1-19(2,3)14-23-10-9-22-18(25)16(23)12-17(24)21-8-5-11-26-15-6-4-7-20-13-15/h4,6-7,13,16H,5,8-12,14H2,1-3H3,(H,21,24)(H,22,25)/t16-/m1/s1. The van der Waals surface area contributed by atoms with Crippen LogP contribution in [0.3, 0.4) is 0 Å². The first-order valence-electron chi connectivity index (χ1n) is 9.16. The van der Waals surface area contributed by atoms with E-state index in [0.29, 0.717) is 26.1 Å². The molecule has 0 saturated carbocycles. The second kappa shape index (κ2) is 9.52. The second-order valence-electron chi connectivity index (χ2n) is 7.78. The van der Waals surface area contributed by atoms with Gasteiger partial charge in [-0.3, -0.25) is 19.5 Å². The molecule has 1 aliphatic rings. The molecule has 2 N–H and O–H groups in total. The molecule has 0 bridgehead atoms. The fourth-order valence-electron chi connectivity index (χ4n) is 2.95. The lowest BCUT2D eigenvalue weighted by Crippen LogP contribution is -2.58. The number of amides is 2. The summed E-state index contributed by atoms with van der Waals surface area (Å²) in [5.41, 5.74) is 0.0793. The average molecular weight is 362 g/mol. The normalized spacial score (nSPS) is 18.3. The lowest BCUT2D eigenvalue weighted by molar-refractivity contribution is -0.134. The molecule has 1 aliphatic heterocycles. The summed E-state index contributed by atoms with van der Waals surface area (Å²) in [5, 5.41) is 5.74. The van der Waals surface area contributed by atoms with Crippen LogP contribution in [0.25, 0.3) is 0 Å². The first-order chi connectivity index (χ1) is 12.3. The van der Waals surface area contributed by atoms with E-state index in [1.165, 1.54) is 0 Å². The van der Waals surface area contributed by atoms with Gasteiger partial charge in [-0.25, -0.2) is 0 Å². The third-order valence-electron chi connectivity index (χ3n) is 4.04. The number of carbonyl (C=O) groups is 2. The molecule has 0 spiro atoms. The van der Waals surface area contributed by atoms with Crippen LogP contribution in [0.5, 0.6) is 5.75 Å². The summed E-state index contributed by atoms with van der Waals surface area (Å²) in [6.07, 6.45) is 4.23. The zero-order valence-electron chi connectivity index (χ0n) is 16.0. The molecule has 0 unspecified atom stereocenters. The van der Waals surface area contributed by atoms with Crippen LogP contribution in [0.2, 0.25) is 0 Å². The maximum atomic E-state index is 12.2. The van der Waals surface area contributed by atoms with E-state index in [4.69, 9.17) is 4.74 Å². The maximum Gasteiger partial charge on any atom is 0.237 e. The van der Waals surface area contributed by atoms with Gasteiger partial charge in [0.05, 0.1) is 25.3 Å². The van der Waals surface area contributed by atoms with Gasteiger partial charge in [-0.05, 0) is 24.0 Å². The van der Waals surface area contributed by atoms with Crippen molar-refractivity contribution in [2.24, 2.45) is 5.41 Å². The molecule has 2 heterocycles. The second-order valence-corrected chi connectivity index (χ2v) is 7.78. The molecule has 1 aromatic heterocycles. The van der Waals surface area contributed by atoms with Crippen LogP contribution in [0.15, 0.2) is 24.5 Å². The van der Waals surface area contributed by atoms with Crippen LogP contribution in [-0.4, -0.2) is 60.5 Å². The Balaban J connectivity index is 1.71. The van der Waals surface area contributed by atoms with Crippen molar-refractivity contribution in [1.82, 2.24) is 20.5 Å².